The average molecular weight is 375 g/mol. The molecule has 2 N–H and O–H groups in total. The third kappa shape index (κ3) is 4.55. The number of anilines is 2. The van der Waals surface area contributed by atoms with Gasteiger partial charge in [0.15, 0.2) is 0 Å². The zero-order valence-corrected chi connectivity index (χ0v) is 15.2. The quantitative estimate of drug-likeness (QED) is 0.818. The molecule has 1 aliphatic heterocycles. The maximum Gasteiger partial charge on any atom is 0.240 e. The van der Waals surface area contributed by atoms with Crippen molar-refractivity contribution in [2.45, 2.75) is 30.7 Å². The van der Waals surface area contributed by atoms with Gasteiger partial charge in [-0.2, -0.15) is 0 Å². The molecule has 1 aromatic carbocycles. The lowest BCUT2D eigenvalue weighted by Crippen LogP contribution is -2.45. The van der Waals surface area contributed by atoms with E-state index in [1.54, 1.807) is 30.6 Å². The van der Waals surface area contributed by atoms with E-state index in [1.807, 2.05) is 4.90 Å². The molecular weight excluding hydrogens is 354 g/mol. The first-order valence-corrected chi connectivity index (χ1v) is 9.84. The summed E-state index contributed by atoms with van der Waals surface area (Å²) in [6, 6.07) is 7.76. The largest absolute Gasteiger partial charge is 0.341 e. The Balaban J connectivity index is 1.59. The lowest BCUT2D eigenvalue weighted by atomic mass is 10.1. The molecule has 138 valence electrons. The second kappa shape index (κ2) is 7.79. The number of benzene rings is 1. The number of carbonyl (C=O) groups excluding carboxylic acids is 1. The van der Waals surface area contributed by atoms with E-state index in [-0.39, 0.29) is 16.8 Å². The minimum atomic E-state index is -3.60. The number of carbonyl (C=O) groups is 1. The molecule has 0 unspecified atom stereocenters. The molecule has 9 heteroatoms. The molecule has 0 aliphatic carbocycles. The van der Waals surface area contributed by atoms with Crippen LogP contribution in [0.4, 0.5) is 11.6 Å². The Bertz CT molecular complexity index is 848. The lowest BCUT2D eigenvalue weighted by molar-refractivity contribution is -0.114. The summed E-state index contributed by atoms with van der Waals surface area (Å²) in [6.45, 7) is 2.79. The van der Waals surface area contributed by atoms with Gasteiger partial charge in [-0.1, -0.05) is 0 Å². The zero-order chi connectivity index (χ0) is 18.6. The van der Waals surface area contributed by atoms with Crippen LogP contribution < -0.4 is 14.9 Å². The van der Waals surface area contributed by atoms with Crippen molar-refractivity contribution >= 4 is 27.6 Å². The van der Waals surface area contributed by atoms with E-state index in [2.05, 4.69) is 20.0 Å². The summed E-state index contributed by atoms with van der Waals surface area (Å²) < 4.78 is 27.9. The Hall–Kier alpha value is -2.52. The number of rotatable bonds is 5. The summed E-state index contributed by atoms with van der Waals surface area (Å²) in [7, 11) is -3.60. The maximum atomic E-state index is 12.5. The van der Waals surface area contributed by atoms with E-state index in [0.29, 0.717) is 37.6 Å². The predicted molar refractivity (Wildman–Crippen MR) is 98.3 cm³/mol. The molecule has 1 amide bonds. The van der Waals surface area contributed by atoms with Crippen LogP contribution in [0.3, 0.4) is 0 Å². The number of amides is 1. The van der Waals surface area contributed by atoms with Gasteiger partial charge >= 0.3 is 0 Å². The maximum absolute atomic E-state index is 12.5. The van der Waals surface area contributed by atoms with Crippen molar-refractivity contribution < 1.29 is 13.2 Å². The van der Waals surface area contributed by atoms with Crippen LogP contribution in [0.1, 0.15) is 19.8 Å². The van der Waals surface area contributed by atoms with Crippen molar-refractivity contribution in [2.75, 3.05) is 23.3 Å². The highest BCUT2D eigenvalue weighted by atomic mass is 32.2. The van der Waals surface area contributed by atoms with E-state index in [0.717, 1.165) is 0 Å². The van der Waals surface area contributed by atoms with E-state index in [9.17, 15) is 13.2 Å². The Morgan fingerprint density at radius 3 is 2.31 bits per heavy atom. The summed E-state index contributed by atoms with van der Waals surface area (Å²) in [5.41, 5.74) is 0.563. The smallest absolute Gasteiger partial charge is 0.240 e. The van der Waals surface area contributed by atoms with Gasteiger partial charge in [0.05, 0.1) is 4.90 Å². The molecule has 0 atom stereocenters. The number of piperidine rings is 1. The van der Waals surface area contributed by atoms with Gasteiger partial charge in [0, 0.05) is 44.1 Å². The van der Waals surface area contributed by atoms with E-state index >= 15 is 0 Å². The van der Waals surface area contributed by atoms with E-state index in [1.165, 1.54) is 19.1 Å². The van der Waals surface area contributed by atoms with Gasteiger partial charge < -0.3 is 10.2 Å². The third-order valence-electron chi connectivity index (χ3n) is 4.14. The van der Waals surface area contributed by atoms with Crippen LogP contribution in [0.5, 0.6) is 0 Å². The molecule has 1 aromatic heterocycles. The number of nitrogens with zero attached hydrogens (tertiary/aromatic N) is 3. The van der Waals surface area contributed by atoms with Crippen LogP contribution in [0.15, 0.2) is 47.6 Å². The molecule has 1 fully saturated rings. The highest BCUT2D eigenvalue weighted by molar-refractivity contribution is 7.89. The van der Waals surface area contributed by atoms with Crippen LogP contribution in [0.2, 0.25) is 0 Å². The molecule has 1 saturated heterocycles. The molecule has 26 heavy (non-hydrogen) atoms. The molecule has 0 radical (unpaired) electrons. The van der Waals surface area contributed by atoms with Gasteiger partial charge in [0.2, 0.25) is 21.9 Å². The number of aromatic nitrogens is 2. The molecule has 1 aliphatic rings. The average Bonchev–Trinajstić information content (AvgIpc) is 2.63. The molecule has 0 bridgehead atoms. The standard InChI is InChI=1S/C17H21N5O3S/c1-13(23)20-14-3-5-16(6-4-14)26(24,25)21-15-7-11-22(12-8-15)17-18-9-2-10-19-17/h2-6,9-10,15,21H,7-8,11-12H2,1H3,(H,20,23). The van der Waals surface area contributed by atoms with Gasteiger partial charge in [-0.05, 0) is 43.2 Å². The number of sulfonamides is 1. The monoisotopic (exact) mass is 375 g/mol. The Morgan fingerprint density at radius 1 is 1.12 bits per heavy atom. The summed E-state index contributed by atoms with van der Waals surface area (Å²) in [6.07, 6.45) is 4.76. The zero-order valence-electron chi connectivity index (χ0n) is 14.4. The van der Waals surface area contributed by atoms with Crippen molar-refractivity contribution in [3.63, 3.8) is 0 Å². The second-order valence-corrected chi connectivity index (χ2v) is 7.85. The van der Waals surface area contributed by atoms with Crippen LogP contribution >= 0.6 is 0 Å². The third-order valence-corrected chi connectivity index (χ3v) is 5.67. The fourth-order valence-electron chi connectivity index (χ4n) is 2.86. The van der Waals surface area contributed by atoms with Gasteiger partial charge in [0.1, 0.15) is 0 Å². The van der Waals surface area contributed by atoms with Crippen molar-refractivity contribution in [2.24, 2.45) is 0 Å². The second-order valence-electron chi connectivity index (χ2n) is 6.14. The molecule has 8 nitrogen and oxygen atoms in total. The molecule has 2 heterocycles. The van der Waals surface area contributed by atoms with Crippen LogP contribution in [-0.2, 0) is 14.8 Å². The molecule has 0 saturated carbocycles. The first-order valence-electron chi connectivity index (χ1n) is 8.36. The first-order chi connectivity index (χ1) is 12.4. The normalized spacial score (nSPS) is 15.7. The number of hydrogen-bond acceptors (Lipinski definition) is 6. The van der Waals surface area contributed by atoms with E-state index < -0.39 is 10.0 Å². The van der Waals surface area contributed by atoms with Gasteiger partial charge in [-0.15, -0.1) is 0 Å². The molecule has 3 rings (SSSR count). The first kappa shape index (κ1) is 18.3. The predicted octanol–water partition coefficient (Wildman–Crippen LogP) is 1.38. The van der Waals surface area contributed by atoms with Gasteiger partial charge in [-0.3, -0.25) is 4.79 Å². The minimum absolute atomic E-state index is 0.130. The van der Waals surface area contributed by atoms with Crippen LogP contribution in [-0.4, -0.2) is 43.4 Å². The van der Waals surface area contributed by atoms with Crippen LogP contribution in [0, 0.1) is 0 Å². The van der Waals surface area contributed by atoms with E-state index in [4.69, 9.17) is 0 Å². The fourth-order valence-corrected chi connectivity index (χ4v) is 4.17. The Kier molecular flexibility index (Phi) is 5.48. The summed E-state index contributed by atoms with van der Waals surface area (Å²) >= 11 is 0. The van der Waals surface area contributed by atoms with Crippen LogP contribution in [0.25, 0.3) is 0 Å². The van der Waals surface area contributed by atoms with Gasteiger partial charge in [0.25, 0.3) is 0 Å². The Morgan fingerprint density at radius 2 is 1.73 bits per heavy atom. The highest BCUT2D eigenvalue weighted by Crippen LogP contribution is 2.19. The van der Waals surface area contributed by atoms with Gasteiger partial charge in [-0.25, -0.2) is 23.1 Å². The lowest BCUT2D eigenvalue weighted by Gasteiger charge is -2.32. The number of hydrogen-bond donors (Lipinski definition) is 2. The summed E-state index contributed by atoms with van der Waals surface area (Å²) in [5.74, 6) is 0.468. The summed E-state index contributed by atoms with van der Waals surface area (Å²) in [5, 5.41) is 2.61. The fraction of sp³-hybridized carbons (Fsp3) is 0.353. The topological polar surface area (TPSA) is 104 Å². The minimum Gasteiger partial charge on any atom is -0.341 e. The SMILES string of the molecule is CC(=O)Nc1ccc(S(=O)(=O)NC2CCN(c3ncccn3)CC2)cc1. The van der Waals surface area contributed by atoms with Crippen molar-refractivity contribution in [1.29, 1.82) is 0 Å². The Labute approximate surface area is 152 Å². The highest BCUT2D eigenvalue weighted by Gasteiger charge is 2.25. The molecule has 0 spiro atoms. The van der Waals surface area contributed by atoms with Crippen molar-refractivity contribution in [3.05, 3.63) is 42.7 Å². The molecular formula is C17H21N5O3S. The van der Waals surface area contributed by atoms with Crippen molar-refractivity contribution in [1.82, 2.24) is 14.7 Å². The number of nitrogens with one attached hydrogen (secondary N) is 2. The molecule has 2 aromatic rings. The summed E-state index contributed by atoms with van der Waals surface area (Å²) in [4.78, 5) is 21.7. The van der Waals surface area contributed by atoms with Crippen molar-refractivity contribution in [3.8, 4) is 0 Å².